The summed E-state index contributed by atoms with van der Waals surface area (Å²) in [6.07, 6.45) is 0.230. The average Bonchev–Trinajstić information content (AvgIpc) is 2.66. The SMILES string of the molecule is COC(=O)[C@H](C)NC(=O)CNC(=O)[C@H](C)NC(=O)[C@H](N)Cc1ccc(O)cc1. The number of esters is 1. The smallest absolute Gasteiger partial charge is 0.328 e. The van der Waals surface area contributed by atoms with Gasteiger partial charge in [-0.05, 0) is 38.0 Å². The molecule has 0 aliphatic heterocycles. The molecule has 3 amide bonds. The van der Waals surface area contributed by atoms with Crippen molar-refractivity contribution in [1.29, 1.82) is 0 Å². The van der Waals surface area contributed by atoms with Crippen LogP contribution in [0.1, 0.15) is 19.4 Å². The Balaban J connectivity index is 2.41. The van der Waals surface area contributed by atoms with Crippen molar-refractivity contribution in [1.82, 2.24) is 16.0 Å². The third kappa shape index (κ3) is 7.62. The second-order valence-electron chi connectivity index (χ2n) is 6.24. The Morgan fingerprint density at radius 1 is 1.04 bits per heavy atom. The molecule has 28 heavy (non-hydrogen) atoms. The van der Waals surface area contributed by atoms with E-state index >= 15 is 0 Å². The average molecular weight is 394 g/mol. The van der Waals surface area contributed by atoms with Crippen molar-refractivity contribution >= 4 is 23.7 Å². The minimum atomic E-state index is -0.913. The van der Waals surface area contributed by atoms with Crippen LogP contribution in [0.25, 0.3) is 0 Å². The van der Waals surface area contributed by atoms with E-state index in [0.717, 1.165) is 5.56 Å². The van der Waals surface area contributed by atoms with Gasteiger partial charge in [-0.15, -0.1) is 0 Å². The third-order valence-corrected chi connectivity index (χ3v) is 3.84. The largest absolute Gasteiger partial charge is 0.508 e. The number of nitrogens with two attached hydrogens (primary N) is 1. The Bertz CT molecular complexity index is 707. The molecule has 3 atom stereocenters. The van der Waals surface area contributed by atoms with E-state index in [9.17, 15) is 24.3 Å². The third-order valence-electron chi connectivity index (χ3n) is 3.84. The van der Waals surface area contributed by atoms with E-state index in [2.05, 4.69) is 20.7 Å². The topological polar surface area (TPSA) is 160 Å². The van der Waals surface area contributed by atoms with Crippen LogP contribution in [0.3, 0.4) is 0 Å². The minimum absolute atomic E-state index is 0.108. The normalized spacial score (nSPS) is 13.6. The molecule has 0 unspecified atom stereocenters. The number of methoxy groups -OCH3 is 1. The van der Waals surface area contributed by atoms with Crippen LogP contribution in [0.2, 0.25) is 0 Å². The Morgan fingerprint density at radius 3 is 2.21 bits per heavy atom. The maximum Gasteiger partial charge on any atom is 0.328 e. The van der Waals surface area contributed by atoms with Crippen LogP contribution in [-0.4, -0.2) is 60.6 Å². The number of hydrogen-bond donors (Lipinski definition) is 5. The lowest BCUT2D eigenvalue weighted by Crippen LogP contribution is -2.52. The molecule has 1 aromatic rings. The molecule has 0 bridgehead atoms. The summed E-state index contributed by atoms with van der Waals surface area (Å²) in [7, 11) is 1.20. The first-order valence-corrected chi connectivity index (χ1v) is 8.62. The fourth-order valence-electron chi connectivity index (χ4n) is 2.21. The highest BCUT2D eigenvalue weighted by Gasteiger charge is 2.21. The molecule has 1 aromatic carbocycles. The molecule has 6 N–H and O–H groups in total. The van der Waals surface area contributed by atoms with Crippen LogP contribution in [0.5, 0.6) is 5.75 Å². The van der Waals surface area contributed by atoms with E-state index in [1.54, 1.807) is 12.1 Å². The highest BCUT2D eigenvalue weighted by atomic mass is 16.5. The van der Waals surface area contributed by atoms with Gasteiger partial charge in [0.1, 0.15) is 17.8 Å². The van der Waals surface area contributed by atoms with Gasteiger partial charge < -0.3 is 31.5 Å². The van der Waals surface area contributed by atoms with Crippen molar-refractivity contribution in [2.75, 3.05) is 13.7 Å². The predicted molar refractivity (Wildman–Crippen MR) is 100 cm³/mol. The molecule has 0 fully saturated rings. The first-order chi connectivity index (χ1) is 13.1. The Kier molecular flexibility index (Phi) is 8.89. The van der Waals surface area contributed by atoms with Gasteiger partial charge in [0.05, 0.1) is 19.7 Å². The zero-order valence-corrected chi connectivity index (χ0v) is 16.0. The second-order valence-corrected chi connectivity index (χ2v) is 6.24. The fraction of sp³-hybridized carbons (Fsp3) is 0.444. The summed E-state index contributed by atoms with van der Waals surface area (Å²) in [6.45, 7) is 2.54. The van der Waals surface area contributed by atoms with Crippen LogP contribution in [-0.2, 0) is 30.3 Å². The first kappa shape index (κ1) is 22.9. The Morgan fingerprint density at radius 2 is 1.64 bits per heavy atom. The number of aromatic hydroxyl groups is 1. The van der Waals surface area contributed by atoms with Crippen molar-refractivity contribution in [2.24, 2.45) is 5.73 Å². The van der Waals surface area contributed by atoms with Gasteiger partial charge >= 0.3 is 5.97 Å². The monoisotopic (exact) mass is 394 g/mol. The van der Waals surface area contributed by atoms with Gasteiger partial charge in [0.25, 0.3) is 0 Å². The van der Waals surface area contributed by atoms with Crippen LogP contribution in [0, 0.1) is 0 Å². The van der Waals surface area contributed by atoms with E-state index in [0.29, 0.717) is 0 Å². The van der Waals surface area contributed by atoms with Crippen LogP contribution >= 0.6 is 0 Å². The number of carbonyl (C=O) groups excluding carboxylic acids is 4. The second kappa shape index (κ2) is 10.9. The van der Waals surface area contributed by atoms with Gasteiger partial charge in [-0.2, -0.15) is 0 Å². The van der Waals surface area contributed by atoms with Crippen LogP contribution in [0.4, 0.5) is 0 Å². The number of hydrogen-bond acceptors (Lipinski definition) is 7. The highest BCUT2D eigenvalue weighted by molar-refractivity contribution is 5.92. The molecule has 10 nitrogen and oxygen atoms in total. The highest BCUT2D eigenvalue weighted by Crippen LogP contribution is 2.10. The molecule has 0 aliphatic carbocycles. The standard InChI is InChI=1S/C18H26N4O6/c1-10(16(25)20-9-15(24)21-11(2)18(27)28-3)22-17(26)14(19)8-12-4-6-13(23)7-5-12/h4-7,10-11,14,23H,8-9,19H2,1-3H3,(H,20,25)(H,21,24)(H,22,26)/t10-,11-,14+/m0/s1. The molecule has 0 aromatic heterocycles. The maximum atomic E-state index is 12.1. The summed E-state index contributed by atoms with van der Waals surface area (Å²) in [5.74, 6) is -2.18. The van der Waals surface area contributed by atoms with E-state index in [4.69, 9.17) is 5.73 Å². The lowest BCUT2D eigenvalue weighted by atomic mass is 10.1. The molecular formula is C18H26N4O6. The van der Waals surface area contributed by atoms with Gasteiger partial charge in [0.15, 0.2) is 0 Å². The summed E-state index contributed by atoms with van der Waals surface area (Å²) in [4.78, 5) is 47.1. The molecule has 0 saturated carbocycles. The van der Waals surface area contributed by atoms with Gasteiger partial charge in [0, 0.05) is 0 Å². The lowest BCUT2D eigenvalue weighted by molar-refractivity contribution is -0.144. The minimum Gasteiger partial charge on any atom is -0.508 e. The van der Waals surface area contributed by atoms with Gasteiger partial charge in [0.2, 0.25) is 17.7 Å². The molecule has 154 valence electrons. The number of amides is 3. The van der Waals surface area contributed by atoms with Crippen LogP contribution < -0.4 is 21.7 Å². The summed E-state index contributed by atoms with van der Waals surface area (Å²) < 4.78 is 4.48. The molecule has 0 aliphatic rings. The van der Waals surface area contributed by atoms with E-state index < -0.39 is 41.8 Å². The number of carbonyl (C=O) groups is 4. The van der Waals surface area contributed by atoms with Gasteiger partial charge in [-0.3, -0.25) is 14.4 Å². The van der Waals surface area contributed by atoms with Crippen molar-refractivity contribution in [3.05, 3.63) is 29.8 Å². The number of phenolic OH excluding ortho intramolecular Hbond substituents is 1. The van der Waals surface area contributed by atoms with Crippen molar-refractivity contribution in [2.45, 2.75) is 38.4 Å². The summed E-state index contributed by atoms with van der Waals surface area (Å²) in [5, 5.41) is 16.4. The number of nitrogens with one attached hydrogen (secondary N) is 3. The molecule has 0 radical (unpaired) electrons. The first-order valence-electron chi connectivity index (χ1n) is 8.62. The molecule has 0 spiro atoms. The number of benzene rings is 1. The molecule has 10 heteroatoms. The Labute approximate surface area is 162 Å². The van der Waals surface area contributed by atoms with Gasteiger partial charge in [-0.1, -0.05) is 12.1 Å². The number of rotatable bonds is 9. The predicted octanol–water partition coefficient (Wildman–Crippen LogP) is -1.44. The quantitative estimate of drug-likeness (QED) is 0.321. The van der Waals surface area contributed by atoms with Crippen molar-refractivity contribution in [3.63, 3.8) is 0 Å². The summed E-state index contributed by atoms with van der Waals surface area (Å²) in [6, 6.07) is 3.63. The lowest BCUT2D eigenvalue weighted by Gasteiger charge is -2.18. The van der Waals surface area contributed by atoms with Crippen molar-refractivity contribution < 1.29 is 29.0 Å². The molecule has 1 rings (SSSR count). The van der Waals surface area contributed by atoms with Crippen LogP contribution in [0.15, 0.2) is 24.3 Å². The fourth-order valence-corrected chi connectivity index (χ4v) is 2.21. The summed E-state index contributed by atoms with van der Waals surface area (Å²) in [5.41, 5.74) is 6.60. The molecular weight excluding hydrogens is 368 g/mol. The Hall–Kier alpha value is -3.14. The molecule has 0 heterocycles. The molecule has 0 saturated heterocycles. The number of phenols is 1. The zero-order valence-electron chi connectivity index (χ0n) is 16.0. The number of ether oxygens (including phenoxy) is 1. The van der Waals surface area contributed by atoms with Crippen molar-refractivity contribution in [3.8, 4) is 5.75 Å². The van der Waals surface area contributed by atoms with E-state index in [-0.39, 0.29) is 18.7 Å². The zero-order chi connectivity index (χ0) is 21.3. The van der Waals surface area contributed by atoms with E-state index in [1.165, 1.54) is 33.1 Å². The van der Waals surface area contributed by atoms with Gasteiger partial charge in [-0.25, -0.2) is 4.79 Å². The van der Waals surface area contributed by atoms with E-state index in [1.807, 2.05) is 0 Å². The maximum absolute atomic E-state index is 12.1. The summed E-state index contributed by atoms with van der Waals surface area (Å²) >= 11 is 0.